The topological polar surface area (TPSA) is 80.9 Å². The van der Waals surface area contributed by atoms with Gasteiger partial charge in [0.1, 0.15) is 0 Å². The number of nitrogens with zero attached hydrogens (tertiary/aromatic N) is 3. The van der Waals surface area contributed by atoms with Crippen LogP contribution in [0.3, 0.4) is 0 Å². The lowest BCUT2D eigenvalue weighted by Crippen LogP contribution is -2.32. The quantitative estimate of drug-likeness (QED) is 0.671. The molecule has 28 heavy (non-hydrogen) atoms. The zero-order valence-corrected chi connectivity index (χ0v) is 15.8. The molecule has 1 atom stereocenters. The molecule has 144 valence electrons. The molecule has 1 unspecified atom stereocenters. The van der Waals surface area contributed by atoms with Gasteiger partial charge in [0.2, 0.25) is 17.6 Å². The van der Waals surface area contributed by atoms with Gasteiger partial charge in [0.15, 0.2) is 0 Å². The highest BCUT2D eigenvalue weighted by Gasteiger charge is 2.27. The van der Waals surface area contributed by atoms with Crippen LogP contribution < -0.4 is 5.32 Å². The number of amides is 1. The van der Waals surface area contributed by atoms with E-state index in [2.05, 4.69) is 32.6 Å². The minimum Gasteiger partial charge on any atom is -0.349 e. The summed E-state index contributed by atoms with van der Waals surface area (Å²) in [5.74, 6) is 1.52. The standard InChI is InChI=1S/C22H24N4O2/c27-19(10-11-20-25-22(26-28-20)18-12-14-23-15-13-18)24-21(17-8-4-5-9-17)16-6-2-1-3-7-16/h1-3,6-7,12-15,17,21H,4-5,8-11H2,(H,24,27). The van der Waals surface area contributed by atoms with Crippen LogP contribution in [-0.4, -0.2) is 21.0 Å². The molecule has 1 aliphatic rings. The van der Waals surface area contributed by atoms with Gasteiger partial charge in [-0.3, -0.25) is 9.78 Å². The van der Waals surface area contributed by atoms with Gasteiger partial charge < -0.3 is 9.84 Å². The van der Waals surface area contributed by atoms with Gasteiger partial charge in [-0.25, -0.2) is 0 Å². The Balaban J connectivity index is 1.37. The number of aromatic nitrogens is 3. The normalized spacial score (nSPS) is 15.4. The largest absolute Gasteiger partial charge is 0.349 e. The van der Waals surface area contributed by atoms with E-state index in [4.69, 9.17) is 4.52 Å². The molecule has 1 amide bonds. The fourth-order valence-corrected chi connectivity index (χ4v) is 3.87. The number of pyridine rings is 1. The third-order valence-corrected chi connectivity index (χ3v) is 5.32. The fraction of sp³-hybridized carbons (Fsp3) is 0.364. The molecule has 4 rings (SSSR count). The summed E-state index contributed by atoms with van der Waals surface area (Å²) in [6, 6.07) is 14.0. The van der Waals surface area contributed by atoms with Crippen LogP contribution in [0, 0.1) is 5.92 Å². The van der Waals surface area contributed by atoms with Crippen molar-refractivity contribution in [3.8, 4) is 11.4 Å². The second-order valence-corrected chi connectivity index (χ2v) is 7.25. The molecule has 1 aromatic carbocycles. The summed E-state index contributed by atoms with van der Waals surface area (Å²) in [6.07, 6.45) is 8.94. The number of hydrogen-bond acceptors (Lipinski definition) is 5. The monoisotopic (exact) mass is 376 g/mol. The van der Waals surface area contributed by atoms with Crippen molar-refractivity contribution < 1.29 is 9.32 Å². The zero-order chi connectivity index (χ0) is 19.2. The number of aryl methyl sites for hydroxylation is 1. The maximum atomic E-state index is 12.6. The number of carbonyl (C=O) groups excluding carboxylic acids is 1. The van der Waals surface area contributed by atoms with Crippen molar-refractivity contribution in [2.75, 3.05) is 0 Å². The number of benzene rings is 1. The first-order valence-electron chi connectivity index (χ1n) is 9.87. The zero-order valence-electron chi connectivity index (χ0n) is 15.8. The second-order valence-electron chi connectivity index (χ2n) is 7.25. The Labute approximate surface area is 164 Å². The summed E-state index contributed by atoms with van der Waals surface area (Å²) < 4.78 is 5.30. The molecule has 1 aliphatic carbocycles. The van der Waals surface area contributed by atoms with Gasteiger partial charge >= 0.3 is 0 Å². The lowest BCUT2D eigenvalue weighted by atomic mass is 9.91. The third-order valence-electron chi connectivity index (χ3n) is 5.32. The molecule has 0 saturated heterocycles. The predicted octanol–water partition coefficient (Wildman–Crippen LogP) is 4.11. The highest BCUT2D eigenvalue weighted by atomic mass is 16.5. The Morgan fingerprint density at radius 1 is 1.11 bits per heavy atom. The Morgan fingerprint density at radius 3 is 2.61 bits per heavy atom. The van der Waals surface area contributed by atoms with Crippen LogP contribution in [0.2, 0.25) is 0 Å². The molecular weight excluding hydrogens is 352 g/mol. The van der Waals surface area contributed by atoms with Gasteiger partial charge in [0.05, 0.1) is 6.04 Å². The van der Waals surface area contributed by atoms with E-state index in [9.17, 15) is 4.79 Å². The maximum absolute atomic E-state index is 12.6. The van der Waals surface area contributed by atoms with Crippen LogP contribution in [0.15, 0.2) is 59.4 Å². The van der Waals surface area contributed by atoms with Crippen LogP contribution in [0.25, 0.3) is 11.4 Å². The molecular formula is C22H24N4O2. The van der Waals surface area contributed by atoms with Crippen LogP contribution in [0.4, 0.5) is 0 Å². The van der Waals surface area contributed by atoms with E-state index < -0.39 is 0 Å². The second kappa shape index (κ2) is 8.78. The summed E-state index contributed by atoms with van der Waals surface area (Å²) >= 11 is 0. The van der Waals surface area contributed by atoms with Gasteiger partial charge in [0.25, 0.3) is 0 Å². The van der Waals surface area contributed by atoms with E-state index >= 15 is 0 Å². The Bertz CT molecular complexity index is 889. The molecule has 2 heterocycles. The van der Waals surface area contributed by atoms with Crippen LogP contribution in [0.1, 0.15) is 49.6 Å². The minimum atomic E-state index is 0.0180. The molecule has 0 spiro atoms. The molecule has 0 bridgehead atoms. The summed E-state index contributed by atoms with van der Waals surface area (Å²) in [5, 5.41) is 7.24. The van der Waals surface area contributed by atoms with Gasteiger partial charge in [-0.15, -0.1) is 0 Å². The summed E-state index contributed by atoms with van der Waals surface area (Å²) in [7, 11) is 0. The van der Waals surface area contributed by atoms with E-state index in [1.54, 1.807) is 12.4 Å². The average Bonchev–Trinajstić information content (AvgIpc) is 3.44. The van der Waals surface area contributed by atoms with Gasteiger partial charge in [-0.05, 0) is 36.5 Å². The van der Waals surface area contributed by atoms with Crippen molar-refractivity contribution in [1.29, 1.82) is 0 Å². The minimum absolute atomic E-state index is 0.0180. The predicted molar refractivity (Wildman–Crippen MR) is 105 cm³/mol. The SMILES string of the molecule is O=C(CCc1nc(-c2ccncc2)no1)NC(c1ccccc1)C1CCCC1. The molecule has 1 fully saturated rings. The highest BCUT2D eigenvalue weighted by molar-refractivity contribution is 5.76. The number of carbonyl (C=O) groups is 1. The van der Waals surface area contributed by atoms with Crippen molar-refractivity contribution in [2.24, 2.45) is 5.92 Å². The first-order chi connectivity index (χ1) is 13.8. The number of nitrogens with one attached hydrogen (secondary N) is 1. The molecule has 3 aromatic rings. The van der Waals surface area contributed by atoms with Crippen molar-refractivity contribution in [3.05, 3.63) is 66.3 Å². The Morgan fingerprint density at radius 2 is 1.86 bits per heavy atom. The molecule has 1 N–H and O–H groups in total. The lowest BCUT2D eigenvalue weighted by molar-refractivity contribution is -0.122. The summed E-state index contributed by atoms with van der Waals surface area (Å²) in [4.78, 5) is 21.0. The summed E-state index contributed by atoms with van der Waals surface area (Å²) in [5.41, 5.74) is 2.03. The molecule has 6 heteroatoms. The molecule has 0 aliphatic heterocycles. The molecule has 2 aromatic heterocycles. The van der Waals surface area contributed by atoms with Gasteiger partial charge in [0, 0.05) is 30.8 Å². The first kappa shape index (κ1) is 18.3. The van der Waals surface area contributed by atoms with Crippen LogP contribution >= 0.6 is 0 Å². The van der Waals surface area contributed by atoms with Crippen molar-refractivity contribution in [2.45, 2.75) is 44.6 Å². The van der Waals surface area contributed by atoms with Gasteiger partial charge in [-0.2, -0.15) is 4.98 Å². The maximum Gasteiger partial charge on any atom is 0.227 e. The third kappa shape index (κ3) is 4.44. The molecule has 0 radical (unpaired) electrons. The number of hydrogen-bond donors (Lipinski definition) is 1. The Hall–Kier alpha value is -3.02. The van der Waals surface area contributed by atoms with Crippen LogP contribution in [0.5, 0.6) is 0 Å². The van der Waals surface area contributed by atoms with Crippen molar-refractivity contribution >= 4 is 5.91 Å². The summed E-state index contributed by atoms with van der Waals surface area (Å²) in [6.45, 7) is 0. The van der Waals surface area contributed by atoms with Crippen LogP contribution in [-0.2, 0) is 11.2 Å². The van der Waals surface area contributed by atoms with E-state index in [0.29, 0.717) is 30.5 Å². The average molecular weight is 376 g/mol. The van der Waals surface area contributed by atoms with E-state index in [1.165, 1.54) is 31.2 Å². The Kier molecular flexibility index (Phi) is 5.75. The molecule has 6 nitrogen and oxygen atoms in total. The number of rotatable bonds is 7. The van der Waals surface area contributed by atoms with E-state index in [1.807, 2.05) is 30.3 Å². The fourth-order valence-electron chi connectivity index (χ4n) is 3.87. The highest BCUT2D eigenvalue weighted by Crippen LogP contribution is 2.35. The first-order valence-corrected chi connectivity index (χ1v) is 9.87. The lowest BCUT2D eigenvalue weighted by Gasteiger charge is -2.25. The van der Waals surface area contributed by atoms with Crippen molar-refractivity contribution in [1.82, 2.24) is 20.4 Å². The van der Waals surface area contributed by atoms with E-state index in [-0.39, 0.29) is 11.9 Å². The van der Waals surface area contributed by atoms with Gasteiger partial charge in [-0.1, -0.05) is 48.3 Å². The van der Waals surface area contributed by atoms with Crippen molar-refractivity contribution in [3.63, 3.8) is 0 Å². The molecule has 1 saturated carbocycles. The van der Waals surface area contributed by atoms with E-state index in [0.717, 1.165) is 5.56 Å². The smallest absolute Gasteiger partial charge is 0.227 e.